The molecule has 2 aromatic rings. The Labute approximate surface area is 119 Å². The van der Waals surface area contributed by atoms with E-state index in [0.717, 1.165) is 19.5 Å². The van der Waals surface area contributed by atoms with E-state index in [2.05, 4.69) is 48.6 Å². The Morgan fingerprint density at radius 2 is 1.74 bits per heavy atom. The predicted octanol–water partition coefficient (Wildman–Crippen LogP) is 3.75. The molecule has 0 saturated carbocycles. The van der Waals surface area contributed by atoms with Crippen LogP contribution in [0, 0.1) is 0 Å². The van der Waals surface area contributed by atoms with Gasteiger partial charge in [-0.05, 0) is 29.7 Å². The van der Waals surface area contributed by atoms with Crippen LogP contribution in [-0.2, 0) is 30.9 Å². The molecule has 102 valence electrons. The van der Waals surface area contributed by atoms with Crippen molar-refractivity contribution in [2.75, 3.05) is 7.11 Å². The molecule has 3 heteroatoms. The van der Waals surface area contributed by atoms with Crippen molar-refractivity contribution in [1.29, 1.82) is 0 Å². The average Bonchev–Trinajstić information content (AvgIpc) is 2.89. The van der Waals surface area contributed by atoms with Crippen LogP contribution in [0.4, 0.5) is 0 Å². The average molecular weight is 275 g/mol. The highest BCUT2D eigenvalue weighted by molar-refractivity contribution is 7.11. The zero-order valence-corrected chi connectivity index (χ0v) is 12.4. The molecule has 2 rings (SSSR count). The minimum atomic E-state index is 0.677. The van der Waals surface area contributed by atoms with Crippen molar-refractivity contribution < 1.29 is 4.74 Å². The Morgan fingerprint density at radius 1 is 1.00 bits per heavy atom. The summed E-state index contributed by atoms with van der Waals surface area (Å²) in [6.45, 7) is 4.70. The Hall–Kier alpha value is -1.16. The molecule has 0 saturated heterocycles. The molecular formula is C16H21NOS. The second-order valence-electron chi connectivity index (χ2n) is 4.53. The fraction of sp³-hybridized carbons (Fsp3) is 0.375. The van der Waals surface area contributed by atoms with Crippen LogP contribution in [0.25, 0.3) is 0 Å². The Bertz CT molecular complexity index is 507. The number of hydrogen-bond acceptors (Lipinski definition) is 3. The van der Waals surface area contributed by atoms with Crippen LogP contribution in [0.3, 0.4) is 0 Å². The Balaban J connectivity index is 1.88. The summed E-state index contributed by atoms with van der Waals surface area (Å²) in [6.07, 6.45) is 1.13. The number of hydrogen-bond donors (Lipinski definition) is 1. The van der Waals surface area contributed by atoms with Crippen molar-refractivity contribution in [2.45, 2.75) is 33.0 Å². The van der Waals surface area contributed by atoms with Gasteiger partial charge in [0.1, 0.15) is 0 Å². The van der Waals surface area contributed by atoms with Gasteiger partial charge in [0.05, 0.1) is 6.61 Å². The first-order valence-corrected chi connectivity index (χ1v) is 7.49. The van der Waals surface area contributed by atoms with Gasteiger partial charge in [0, 0.05) is 30.0 Å². The highest BCUT2D eigenvalue weighted by Gasteiger charge is 2.02. The maximum atomic E-state index is 5.23. The summed E-state index contributed by atoms with van der Waals surface area (Å²) in [5, 5.41) is 3.51. The Morgan fingerprint density at radius 3 is 2.42 bits per heavy atom. The third-order valence-electron chi connectivity index (χ3n) is 3.10. The van der Waals surface area contributed by atoms with Crippen molar-refractivity contribution in [2.24, 2.45) is 0 Å². The number of nitrogens with one attached hydrogen (secondary N) is 1. The third kappa shape index (κ3) is 4.16. The van der Waals surface area contributed by atoms with Gasteiger partial charge in [-0.15, -0.1) is 11.3 Å². The Kier molecular flexibility index (Phi) is 5.58. The van der Waals surface area contributed by atoms with Crippen LogP contribution in [0.1, 0.15) is 27.8 Å². The molecule has 0 aliphatic heterocycles. The van der Waals surface area contributed by atoms with E-state index in [1.165, 1.54) is 20.9 Å². The number of ether oxygens (including phenoxy) is 1. The minimum absolute atomic E-state index is 0.677. The lowest BCUT2D eigenvalue weighted by molar-refractivity contribution is 0.184. The molecule has 1 N–H and O–H groups in total. The summed E-state index contributed by atoms with van der Waals surface area (Å²) in [4.78, 5) is 2.86. The van der Waals surface area contributed by atoms with E-state index in [0.29, 0.717) is 6.61 Å². The number of thiophene rings is 1. The summed E-state index contributed by atoms with van der Waals surface area (Å²) in [5.41, 5.74) is 2.58. The minimum Gasteiger partial charge on any atom is -0.380 e. The van der Waals surface area contributed by atoms with Gasteiger partial charge in [-0.3, -0.25) is 0 Å². The van der Waals surface area contributed by atoms with Gasteiger partial charge in [0.2, 0.25) is 0 Å². The lowest BCUT2D eigenvalue weighted by Crippen LogP contribution is -2.13. The number of rotatable bonds is 7. The van der Waals surface area contributed by atoms with Crippen LogP contribution >= 0.6 is 11.3 Å². The van der Waals surface area contributed by atoms with Crippen molar-refractivity contribution >= 4 is 11.3 Å². The van der Waals surface area contributed by atoms with Gasteiger partial charge in [-0.25, -0.2) is 0 Å². The molecule has 0 spiro atoms. The molecule has 1 heterocycles. The second kappa shape index (κ2) is 7.43. The molecule has 2 nitrogen and oxygen atoms in total. The molecule has 0 fully saturated rings. The maximum Gasteiger partial charge on any atom is 0.0716 e. The molecule has 0 aliphatic rings. The van der Waals surface area contributed by atoms with Crippen molar-refractivity contribution in [3.05, 3.63) is 57.3 Å². The summed E-state index contributed by atoms with van der Waals surface area (Å²) in [6, 6.07) is 12.9. The van der Waals surface area contributed by atoms with Crippen molar-refractivity contribution in [3.8, 4) is 0 Å². The van der Waals surface area contributed by atoms with Crippen LogP contribution in [0.15, 0.2) is 36.4 Å². The predicted molar refractivity (Wildman–Crippen MR) is 81.4 cm³/mol. The highest BCUT2D eigenvalue weighted by atomic mass is 32.1. The first-order valence-electron chi connectivity index (χ1n) is 6.67. The summed E-state index contributed by atoms with van der Waals surface area (Å²) < 4.78 is 5.23. The van der Waals surface area contributed by atoms with E-state index in [4.69, 9.17) is 4.74 Å². The molecule has 19 heavy (non-hydrogen) atoms. The normalized spacial score (nSPS) is 10.8. The molecule has 0 aliphatic carbocycles. The molecule has 0 atom stereocenters. The number of benzene rings is 1. The van der Waals surface area contributed by atoms with Crippen LogP contribution < -0.4 is 5.32 Å². The second-order valence-corrected chi connectivity index (χ2v) is 5.78. The van der Waals surface area contributed by atoms with Gasteiger partial charge in [-0.1, -0.05) is 31.2 Å². The number of methoxy groups -OCH3 is 1. The molecule has 1 aromatic carbocycles. The van der Waals surface area contributed by atoms with Gasteiger partial charge >= 0.3 is 0 Å². The molecule has 1 aromatic heterocycles. The molecule has 0 radical (unpaired) electrons. The van der Waals surface area contributed by atoms with Gasteiger partial charge < -0.3 is 10.1 Å². The summed E-state index contributed by atoms with van der Waals surface area (Å²) in [7, 11) is 1.74. The van der Waals surface area contributed by atoms with E-state index in [-0.39, 0.29) is 0 Å². The topological polar surface area (TPSA) is 21.3 Å². The van der Waals surface area contributed by atoms with E-state index >= 15 is 0 Å². The molecular weight excluding hydrogens is 254 g/mol. The SMILES string of the molecule is CCc1ccc(CNCc2ccccc2COC)s1. The monoisotopic (exact) mass is 275 g/mol. The van der Waals surface area contributed by atoms with Gasteiger partial charge in [0.15, 0.2) is 0 Å². The zero-order chi connectivity index (χ0) is 13.5. The molecule has 0 amide bonds. The van der Waals surface area contributed by atoms with E-state index < -0.39 is 0 Å². The van der Waals surface area contributed by atoms with Gasteiger partial charge in [0.25, 0.3) is 0 Å². The highest BCUT2D eigenvalue weighted by Crippen LogP contribution is 2.17. The lowest BCUT2D eigenvalue weighted by atomic mass is 10.1. The largest absolute Gasteiger partial charge is 0.380 e. The molecule has 0 bridgehead atoms. The van der Waals surface area contributed by atoms with Crippen molar-refractivity contribution in [3.63, 3.8) is 0 Å². The first kappa shape index (κ1) is 14.3. The van der Waals surface area contributed by atoms with Crippen LogP contribution in [0.5, 0.6) is 0 Å². The smallest absolute Gasteiger partial charge is 0.0716 e. The van der Waals surface area contributed by atoms with E-state index in [1.54, 1.807) is 7.11 Å². The lowest BCUT2D eigenvalue weighted by Gasteiger charge is -2.09. The summed E-state index contributed by atoms with van der Waals surface area (Å²) in [5.74, 6) is 0. The van der Waals surface area contributed by atoms with Crippen molar-refractivity contribution in [1.82, 2.24) is 5.32 Å². The van der Waals surface area contributed by atoms with Gasteiger partial charge in [-0.2, -0.15) is 0 Å². The van der Waals surface area contributed by atoms with Crippen LogP contribution in [-0.4, -0.2) is 7.11 Å². The zero-order valence-electron chi connectivity index (χ0n) is 11.6. The summed E-state index contributed by atoms with van der Waals surface area (Å²) >= 11 is 1.90. The first-order chi connectivity index (χ1) is 9.33. The van der Waals surface area contributed by atoms with E-state index in [9.17, 15) is 0 Å². The molecule has 0 unspecified atom stereocenters. The quantitative estimate of drug-likeness (QED) is 0.831. The maximum absolute atomic E-state index is 5.23. The number of aryl methyl sites for hydroxylation is 1. The van der Waals surface area contributed by atoms with E-state index in [1.807, 2.05) is 11.3 Å². The fourth-order valence-corrected chi connectivity index (χ4v) is 2.98. The standard InChI is InChI=1S/C16H21NOS/c1-3-15-8-9-16(19-15)11-17-10-13-6-4-5-7-14(13)12-18-2/h4-9,17H,3,10-12H2,1-2H3. The third-order valence-corrected chi connectivity index (χ3v) is 4.33. The fourth-order valence-electron chi connectivity index (χ4n) is 2.05. The van der Waals surface area contributed by atoms with Crippen LogP contribution in [0.2, 0.25) is 0 Å².